The van der Waals surface area contributed by atoms with Crippen LogP contribution >= 0.6 is 24.8 Å². The first-order valence-corrected chi connectivity index (χ1v) is 9.53. The predicted molar refractivity (Wildman–Crippen MR) is 107 cm³/mol. The number of nitrogens with one attached hydrogen (secondary N) is 1. The molecule has 3 aliphatic rings. The summed E-state index contributed by atoms with van der Waals surface area (Å²) in [6, 6.07) is 4.27. The van der Waals surface area contributed by atoms with E-state index in [1.54, 1.807) is 18.4 Å². The van der Waals surface area contributed by atoms with Crippen LogP contribution in [0.3, 0.4) is 0 Å². The zero-order chi connectivity index (χ0) is 16.4. The molecule has 0 bridgehead atoms. The van der Waals surface area contributed by atoms with E-state index >= 15 is 0 Å². The van der Waals surface area contributed by atoms with E-state index in [4.69, 9.17) is 4.42 Å². The third-order valence-corrected chi connectivity index (χ3v) is 6.53. The Balaban J connectivity index is 0.00000121. The van der Waals surface area contributed by atoms with Crippen LogP contribution in [0.4, 0.5) is 0 Å². The van der Waals surface area contributed by atoms with E-state index in [2.05, 4.69) is 10.2 Å². The first kappa shape index (κ1) is 21.5. The van der Waals surface area contributed by atoms with E-state index in [1.807, 2.05) is 4.90 Å². The monoisotopic (exact) mass is 403 g/mol. The number of halogens is 2. The van der Waals surface area contributed by atoms with Gasteiger partial charge in [-0.05, 0) is 69.2 Å². The smallest absolute Gasteiger partial charge is 0.289 e. The van der Waals surface area contributed by atoms with Gasteiger partial charge in [0.15, 0.2) is 5.76 Å². The highest BCUT2D eigenvalue weighted by Crippen LogP contribution is 2.44. The third-order valence-electron chi connectivity index (χ3n) is 6.53. The maximum atomic E-state index is 12.4. The zero-order valence-electron chi connectivity index (χ0n) is 15.3. The van der Waals surface area contributed by atoms with Gasteiger partial charge in [0, 0.05) is 32.2 Å². The van der Waals surface area contributed by atoms with Crippen molar-refractivity contribution in [3.05, 3.63) is 24.2 Å². The van der Waals surface area contributed by atoms with E-state index in [0.717, 1.165) is 32.2 Å². The minimum absolute atomic E-state index is 0. The third kappa shape index (κ3) is 4.56. The number of rotatable bonds is 2. The largest absolute Gasteiger partial charge is 0.459 e. The molecule has 5 nitrogen and oxygen atoms in total. The van der Waals surface area contributed by atoms with Crippen molar-refractivity contribution in [1.82, 2.24) is 15.1 Å². The summed E-state index contributed by atoms with van der Waals surface area (Å²) >= 11 is 0. The molecule has 1 spiro atoms. The molecule has 1 saturated carbocycles. The molecule has 0 aromatic carbocycles. The van der Waals surface area contributed by atoms with Gasteiger partial charge in [0.2, 0.25) is 0 Å². The van der Waals surface area contributed by atoms with Crippen molar-refractivity contribution < 1.29 is 9.21 Å². The Labute approximate surface area is 168 Å². The van der Waals surface area contributed by atoms with Gasteiger partial charge in [-0.1, -0.05) is 0 Å². The lowest BCUT2D eigenvalue weighted by Crippen LogP contribution is -2.53. The number of hydrogen-bond donors (Lipinski definition) is 1. The second-order valence-corrected chi connectivity index (χ2v) is 7.79. The minimum Gasteiger partial charge on any atom is -0.459 e. The lowest BCUT2D eigenvalue weighted by atomic mass is 9.67. The Morgan fingerprint density at radius 2 is 1.69 bits per heavy atom. The molecule has 1 amide bonds. The number of piperidine rings is 1. The number of furan rings is 1. The van der Waals surface area contributed by atoms with Gasteiger partial charge in [-0.15, -0.1) is 24.8 Å². The van der Waals surface area contributed by atoms with Crippen molar-refractivity contribution in [2.45, 2.75) is 44.6 Å². The summed E-state index contributed by atoms with van der Waals surface area (Å²) in [5.74, 6) is 0.505. The Hall–Kier alpha value is -0.750. The van der Waals surface area contributed by atoms with Crippen LogP contribution in [0.15, 0.2) is 22.8 Å². The van der Waals surface area contributed by atoms with Crippen LogP contribution < -0.4 is 5.32 Å². The maximum absolute atomic E-state index is 12.4. The predicted octanol–water partition coefficient (Wildman–Crippen LogP) is 3.19. The molecule has 26 heavy (non-hydrogen) atoms. The SMILES string of the molecule is Cl.Cl.O=C(c1ccco1)N1CCN(C2CCC3(CCNCC3)CC2)CC1. The van der Waals surface area contributed by atoms with Crippen LogP contribution in [0.25, 0.3) is 0 Å². The van der Waals surface area contributed by atoms with Crippen molar-refractivity contribution in [3.63, 3.8) is 0 Å². The maximum Gasteiger partial charge on any atom is 0.289 e. The molecule has 3 fully saturated rings. The second-order valence-electron chi connectivity index (χ2n) is 7.79. The van der Waals surface area contributed by atoms with Crippen molar-refractivity contribution >= 4 is 30.7 Å². The summed E-state index contributed by atoms with van der Waals surface area (Å²) in [5, 5.41) is 3.50. The van der Waals surface area contributed by atoms with Gasteiger partial charge in [0.25, 0.3) is 5.91 Å². The van der Waals surface area contributed by atoms with Gasteiger partial charge in [-0.2, -0.15) is 0 Å². The summed E-state index contributed by atoms with van der Waals surface area (Å²) in [7, 11) is 0. The first-order valence-electron chi connectivity index (χ1n) is 9.53. The van der Waals surface area contributed by atoms with E-state index in [-0.39, 0.29) is 30.7 Å². The van der Waals surface area contributed by atoms with Crippen LogP contribution in [0.1, 0.15) is 49.1 Å². The number of carbonyl (C=O) groups excluding carboxylic acids is 1. The molecule has 0 atom stereocenters. The highest BCUT2D eigenvalue weighted by molar-refractivity contribution is 5.91. The normalized spacial score (nSPS) is 23.9. The Morgan fingerprint density at radius 1 is 1.04 bits per heavy atom. The van der Waals surface area contributed by atoms with Gasteiger partial charge < -0.3 is 14.6 Å². The number of hydrogen-bond acceptors (Lipinski definition) is 4. The Bertz CT molecular complexity index is 543. The second kappa shape index (κ2) is 9.45. The lowest BCUT2D eigenvalue weighted by Gasteiger charge is -2.47. The summed E-state index contributed by atoms with van der Waals surface area (Å²) in [5.41, 5.74) is 0.638. The molecule has 2 aliphatic heterocycles. The summed E-state index contributed by atoms with van der Waals surface area (Å²) in [6.07, 6.45) is 9.77. The minimum atomic E-state index is 0. The fourth-order valence-corrected chi connectivity index (χ4v) is 4.88. The lowest BCUT2D eigenvalue weighted by molar-refractivity contribution is 0.0312. The van der Waals surface area contributed by atoms with Gasteiger partial charge in [0.05, 0.1) is 6.26 Å². The van der Waals surface area contributed by atoms with Crippen molar-refractivity contribution in [2.75, 3.05) is 39.3 Å². The van der Waals surface area contributed by atoms with Gasteiger partial charge in [-0.25, -0.2) is 0 Å². The van der Waals surface area contributed by atoms with Crippen LogP contribution in [0.5, 0.6) is 0 Å². The van der Waals surface area contributed by atoms with E-state index in [9.17, 15) is 4.79 Å². The van der Waals surface area contributed by atoms with Gasteiger partial charge in [-0.3, -0.25) is 9.69 Å². The number of carbonyl (C=O) groups is 1. The highest BCUT2D eigenvalue weighted by atomic mass is 35.5. The fourth-order valence-electron chi connectivity index (χ4n) is 4.88. The molecule has 0 radical (unpaired) electrons. The molecule has 1 aromatic heterocycles. The molecule has 3 heterocycles. The number of amides is 1. The summed E-state index contributed by atoms with van der Waals surface area (Å²) in [6.45, 7) is 6.07. The van der Waals surface area contributed by atoms with Crippen LogP contribution in [-0.2, 0) is 0 Å². The van der Waals surface area contributed by atoms with Crippen LogP contribution in [0, 0.1) is 5.41 Å². The van der Waals surface area contributed by atoms with Crippen molar-refractivity contribution in [2.24, 2.45) is 5.41 Å². The van der Waals surface area contributed by atoms with Gasteiger partial charge in [0.1, 0.15) is 0 Å². The molecule has 1 N–H and O–H groups in total. The summed E-state index contributed by atoms with van der Waals surface area (Å²) < 4.78 is 5.25. The average molecular weight is 404 g/mol. The topological polar surface area (TPSA) is 48.7 Å². The Morgan fingerprint density at radius 3 is 2.27 bits per heavy atom. The van der Waals surface area contributed by atoms with Crippen LogP contribution in [-0.4, -0.2) is 61.0 Å². The van der Waals surface area contributed by atoms with E-state index < -0.39 is 0 Å². The van der Waals surface area contributed by atoms with E-state index in [1.165, 1.54) is 51.6 Å². The highest BCUT2D eigenvalue weighted by Gasteiger charge is 2.38. The zero-order valence-corrected chi connectivity index (χ0v) is 17.0. The quantitative estimate of drug-likeness (QED) is 0.823. The molecule has 4 rings (SSSR count). The molecule has 2 saturated heterocycles. The summed E-state index contributed by atoms with van der Waals surface area (Å²) in [4.78, 5) is 16.9. The van der Waals surface area contributed by atoms with Crippen LogP contribution in [0.2, 0.25) is 0 Å². The molecule has 0 unspecified atom stereocenters. The fraction of sp³-hybridized carbons (Fsp3) is 0.737. The average Bonchev–Trinajstić information content (AvgIpc) is 3.17. The molecule has 7 heteroatoms. The van der Waals surface area contributed by atoms with Gasteiger partial charge >= 0.3 is 0 Å². The number of nitrogens with zero attached hydrogens (tertiary/aromatic N) is 2. The first-order chi connectivity index (χ1) is 11.8. The van der Waals surface area contributed by atoms with Crippen molar-refractivity contribution in [1.29, 1.82) is 0 Å². The molecular weight excluding hydrogens is 373 g/mol. The van der Waals surface area contributed by atoms with Crippen molar-refractivity contribution in [3.8, 4) is 0 Å². The number of piperazine rings is 1. The molecule has 148 valence electrons. The Kier molecular flexibility index (Phi) is 7.83. The van der Waals surface area contributed by atoms with E-state index in [0.29, 0.717) is 11.2 Å². The standard InChI is InChI=1S/C19H29N3O2.2ClH/c23-18(17-2-1-15-24-17)22-13-11-21(12-14-22)16-3-5-19(6-4-16)7-9-20-10-8-19;;/h1-2,15-16,20H,3-14H2;2*1H. The molecule has 1 aliphatic carbocycles. The molecule has 1 aromatic rings. The molecular formula is C19H31Cl2N3O2.